The van der Waals surface area contributed by atoms with Gasteiger partial charge in [0.1, 0.15) is 0 Å². The molecule has 0 bridgehead atoms. The summed E-state index contributed by atoms with van der Waals surface area (Å²) in [5.41, 5.74) is 6.39. The fourth-order valence-corrected chi connectivity index (χ4v) is 2.19. The Bertz CT molecular complexity index is 507. The summed E-state index contributed by atoms with van der Waals surface area (Å²) >= 11 is 0. The van der Waals surface area contributed by atoms with Gasteiger partial charge in [0.25, 0.3) is 5.56 Å². The van der Waals surface area contributed by atoms with Crippen molar-refractivity contribution in [3.05, 3.63) is 22.1 Å². The number of rotatable bonds is 1. The first-order valence-corrected chi connectivity index (χ1v) is 6.21. The molecule has 1 saturated heterocycles. The zero-order chi connectivity index (χ0) is 13.1. The third-order valence-corrected chi connectivity index (χ3v) is 3.06. The molecule has 0 amide bonds. The predicted octanol–water partition coefficient (Wildman–Crippen LogP) is 0.756. The molecular formula is C12H19N5O. The maximum atomic E-state index is 11.3. The van der Waals surface area contributed by atoms with Crippen molar-refractivity contribution >= 4 is 11.9 Å². The Morgan fingerprint density at radius 3 is 3.11 bits per heavy atom. The highest BCUT2D eigenvalue weighted by Gasteiger charge is 2.17. The average Bonchev–Trinajstić information content (AvgIpc) is 2.27. The fraction of sp³-hybridized carbons (Fsp3) is 0.583. The van der Waals surface area contributed by atoms with Crippen molar-refractivity contribution in [1.29, 1.82) is 0 Å². The van der Waals surface area contributed by atoms with E-state index < -0.39 is 0 Å². The smallest absolute Gasteiger partial charge is 0.252 e. The van der Waals surface area contributed by atoms with E-state index in [1.54, 1.807) is 6.92 Å². The molecule has 1 fully saturated rings. The lowest BCUT2D eigenvalue weighted by atomic mass is 10.0. The Morgan fingerprint density at radius 2 is 2.44 bits per heavy atom. The number of hydrogen-bond acceptors (Lipinski definition) is 3. The summed E-state index contributed by atoms with van der Waals surface area (Å²) in [6, 6.07) is 1.43. The van der Waals surface area contributed by atoms with E-state index in [0.29, 0.717) is 17.6 Å². The molecule has 3 N–H and O–H groups in total. The number of nitrogens with two attached hydrogens (primary N) is 1. The SMILES string of the molecule is Cc1cc(=O)[nH]c(N=C(N)N2CCC[C@H](C)C2)n1. The Kier molecular flexibility index (Phi) is 3.64. The van der Waals surface area contributed by atoms with Crippen LogP contribution in [0.3, 0.4) is 0 Å². The molecule has 0 saturated carbocycles. The highest BCUT2D eigenvalue weighted by molar-refractivity contribution is 5.80. The summed E-state index contributed by atoms with van der Waals surface area (Å²) in [6.07, 6.45) is 2.35. The topological polar surface area (TPSA) is 87.4 Å². The first-order valence-electron chi connectivity index (χ1n) is 6.21. The summed E-state index contributed by atoms with van der Waals surface area (Å²) in [7, 11) is 0. The number of nitrogens with one attached hydrogen (secondary N) is 1. The quantitative estimate of drug-likeness (QED) is 0.568. The Balaban J connectivity index is 2.18. The second-order valence-corrected chi connectivity index (χ2v) is 4.87. The van der Waals surface area contributed by atoms with Crippen molar-refractivity contribution in [3.8, 4) is 0 Å². The zero-order valence-electron chi connectivity index (χ0n) is 10.8. The van der Waals surface area contributed by atoms with Crippen molar-refractivity contribution in [3.63, 3.8) is 0 Å². The van der Waals surface area contributed by atoms with Gasteiger partial charge >= 0.3 is 0 Å². The van der Waals surface area contributed by atoms with E-state index >= 15 is 0 Å². The van der Waals surface area contributed by atoms with Crippen molar-refractivity contribution < 1.29 is 0 Å². The number of aliphatic imine (C=N–C) groups is 1. The molecule has 0 unspecified atom stereocenters. The van der Waals surface area contributed by atoms with Gasteiger partial charge in [-0.1, -0.05) is 6.92 Å². The maximum Gasteiger partial charge on any atom is 0.252 e. The number of aryl methyl sites for hydroxylation is 1. The van der Waals surface area contributed by atoms with Gasteiger partial charge in [0.2, 0.25) is 5.95 Å². The van der Waals surface area contributed by atoms with Crippen LogP contribution in [0.15, 0.2) is 15.9 Å². The summed E-state index contributed by atoms with van der Waals surface area (Å²) in [6.45, 7) is 5.78. The van der Waals surface area contributed by atoms with E-state index in [1.807, 2.05) is 4.90 Å². The van der Waals surface area contributed by atoms with E-state index in [0.717, 1.165) is 19.5 Å². The zero-order valence-corrected chi connectivity index (χ0v) is 10.8. The first-order chi connectivity index (χ1) is 8.54. The number of likely N-dealkylation sites (tertiary alicyclic amines) is 1. The van der Waals surface area contributed by atoms with Crippen molar-refractivity contribution in [2.75, 3.05) is 13.1 Å². The first kappa shape index (κ1) is 12.6. The minimum atomic E-state index is -0.207. The van der Waals surface area contributed by atoms with Gasteiger partial charge in [-0.15, -0.1) is 0 Å². The number of guanidine groups is 1. The molecule has 0 radical (unpaired) electrons. The van der Waals surface area contributed by atoms with Crippen LogP contribution < -0.4 is 11.3 Å². The van der Waals surface area contributed by atoms with Crippen molar-refractivity contribution in [2.24, 2.45) is 16.6 Å². The largest absolute Gasteiger partial charge is 0.369 e. The van der Waals surface area contributed by atoms with E-state index in [-0.39, 0.29) is 11.5 Å². The van der Waals surface area contributed by atoms with Gasteiger partial charge in [-0.25, -0.2) is 4.98 Å². The Hall–Kier alpha value is -1.85. The molecule has 98 valence electrons. The number of piperidine rings is 1. The number of hydrogen-bond donors (Lipinski definition) is 2. The molecule has 1 aliphatic heterocycles. The molecule has 0 spiro atoms. The highest BCUT2D eigenvalue weighted by Crippen LogP contribution is 2.15. The molecule has 0 aliphatic carbocycles. The average molecular weight is 249 g/mol. The van der Waals surface area contributed by atoms with Gasteiger partial charge in [0.15, 0.2) is 5.96 Å². The highest BCUT2D eigenvalue weighted by atomic mass is 16.1. The van der Waals surface area contributed by atoms with E-state index in [4.69, 9.17) is 5.73 Å². The number of aromatic nitrogens is 2. The van der Waals surface area contributed by atoms with Gasteiger partial charge in [-0.2, -0.15) is 4.99 Å². The van der Waals surface area contributed by atoms with Crippen LogP contribution in [0.4, 0.5) is 5.95 Å². The number of H-pyrrole nitrogens is 1. The van der Waals surface area contributed by atoms with E-state index in [1.165, 1.54) is 12.5 Å². The molecule has 6 nitrogen and oxygen atoms in total. The lowest BCUT2D eigenvalue weighted by molar-refractivity contribution is 0.271. The lowest BCUT2D eigenvalue weighted by Gasteiger charge is -2.31. The minimum absolute atomic E-state index is 0.207. The molecule has 6 heteroatoms. The third kappa shape index (κ3) is 3.09. The number of nitrogens with zero attached hydrogens (tertiary/aromatic N) is 3. The monoisotopic (exact) mass is 249 g/mol. The van der Waals surface area contributed by atoms with Crippen molar-refractivity contribution in [2.45, 2.75) is 26.7 Å². The number of aromatic amines is 1. The second-order valence-electron chi connectivity index (χ2n) is 4.87. The molecule has 2 rings (SSSR count). The van der Waals surface area contributed by atoms with Gasteiger partial charge < -0.3 is 10.6 Å². The summed E-state index contributed by atoms with van der Waals surface area (Å²) in [5.74, 6) is 1.32. The molecule has 1 aromatic rings. The van der Waals surface area contributed by atoms with Crippen LogP contribution in [0.25, 0.3) is 0 Å². The molecule has 1 aliphatic rings. The van der Waals surface area contributed by atoms with Crippen LogP contribution in [0.5, 0.6) is 0 Å². The fourth-order valence-electron chi connectivity index (χ4n) is 2.19. The maximum absolute atomic E-state index is 11.3. The molecule has 1 aromatic heterocycles. The summed E-state index contributed by atoms with van der Waals surface area (Å²) in [4.78, 5) is 24.2. The van der Waals surface area contributed by atoms with Crippen LogP contribution in [0.2, 0.25) is 0 Å². The van der Waals surface area contributed by atoms with Gasteiger partial charge in [-0.3, -0.25) is 9.78 Å². The van der Waals surface area contributed by atoms with Crippen LogP contribution in [0.1, 0.15) is 25.5 Å². The molecule has 1 atom stereocenters. The predicted molar refractivity (Wildman–Crippen MR) is 70.8 cm³/mol. The second kappa shape index (κ2) is 5.20. The lowest BCUT2D eigenvalue weighted by Crippen LogP contribution is -2.43. The third-order valence-electron chi connectivity index (χ3n) is 3.06. The minimum Gasteiger partial charge on any atom is -0.369 e. The van der Waals surface area contributed by atoms with E-state index in [2.05, 4.69) is 21.9 Å². The Labute approximate surface area is 106 Å². The summed E-state index contributed by atoms with van der Waals surface area (Å²) < 4.78 is 0. The normalized spacial score (nSPS) is 21.1. The van der Waals surface area contributed by atoms with Crippen LogP contribution >= 0.6 is 0 Å². The van der Waals surface area contributed by atoms with E-state index in [9.17, 15) is 4.79 Å². The van der Waals surface area contributed by atoms with Gasteiger partial charge in [-0.05, 0) is 25.7 Å². The van der Waals surface area contributed by atoms with Gasteiger partial charge in [0, 0.05) is 24.8 Å². The summed E-state index contributed by atoms with van der Waals surface area (Å²) in [5, 5.41) is 0. The molecule has 18 heavy (non-hydrogen) atoms. The molecule has 0 aromatic carbocycles. The standard InChI is InChI=1S/C12H19N5O/c1-8-4-3-5-17(7-8)11(13)16-12-14-9(2)6-10(18)15-12/h6,8H,3-5,7H2,1-2H3,(H3,13,14,15,16,18)/t8-/m0/s1. The van der Waals surface area contributed by atoms with Crippen LogP contribution in [-0.4, -0.2) is 33.9 Å². The van der Waals surface area contributed by atoms with Crippen molar-refractivity contribution in [1.82, 2.24) is 14.9 Å². The molecule has 2 heterocycles. The van der Waals surface area contributed by atoms with Crippen LogP contribution in [0, 0.1) is 12.8 Å². The van der Waals surface area contributed by atoms with Gasteiger partial charge in [0.05, 0.1) is 0 Å². The van der Waals surface area contributed by atoms with Crippen LogP contribution in [-0.2, 0) is 0 Å². The Morgan fingerprint density at radius 1 is 1.67 bits per heavy atom. The molecular weight excluding hydrogens is 230 g/mol.